The van der Waals surface area contributed by atoms with Crippen LogP contribution in [0.3, 0.4) is 0 Å². The molecule has 0 heterocycles. The molecule has 3 N–H and O–H groups in total. The van der Waals surface area contributed by atoms with Crippen LogP contribution in [-0.2, 0) is 0 Å². The number of hydrogen-bond acceptors (Lipinski definition) is 2. The number of hydrogen-bond donors (Lipinski definition) is 2. The number of nitrogens with two attached hydrogens (primary N) is 1. The predicted octanol–water partition coefficient (Wildman–Crippen LogP) is 1.28. The average molecular weight is 168 g/mol. The molecule has 0 saturated heterocycles. The van der Waals surface area contributed by atoms with Crippen molar-refractivity contribution in [2.75, 3.05) is 13.1 Å². The second-order valence-electron chi connectivity index (χ2n) is 3.70. The third kappa shape index (κ3) is 3.37. The van der Waals surface area contributed by atoms with Crippen molar-refractivity contribution in [3.05, 3.63) is 12.2 Å². The van der Waals surface area contributed by atoms with Gasteiger partial charge in [0.05, 0.1) is 0 Å². The summed E-state index contributed by atoms with van der Waals surface area (Å²) in [5, 5.41) is 3.44. The quantitative estimate of drug-likeness (QED) is 0.621. The van der Waals surface area contributed by atoms with Gasteiger partial charge in [0, 0.05) is 12.6 Å². The Kier molecular flexibility index (Phi) is 4.33. The number of nitrogens with one attached hydrogen (secondary N) is 1. The molecule has 1 aliphatic rings. The van der Waals surface area contributed by atoms with E-state index in [0.29, 0.717) is 6.04 Å². The molecule has 0 aromatic rings. The van der Waals surface area contributed by atoms with Crippen molar-refractivity contribution >= 4 is 0 Å². The Hall–Kier alpha value is -0.340. The van der Waals surface area contributed by atoms with Crippen LogP contribution in [0.15, 0.2) is 12.2 Å². The standard InChI is InChI=1S/C10H20N2/c1-9(7-11)12-8-10-5-3-2-4-6-10/h2-3,9-10,12H,4-8,11H2,1H3/t9-,10?/m1/s1. The molecule has 2 nitrogen and oxygen atoms in total. The topological polar surface area (TPSA) is 38.0 Å². The monoisotopic (exact) mass is 168 g/mol. The van der Waals surface area contributed by atoms with E-state index in [4.69, 9.17) is 5.73 Å². The van der Waals surface area contributed by atoms with Crippen LogP contribution in [-0.4, -0.2) is 19.1 Å². The minimum atomic E-state index is 0.468. The van der Waals surface area contributed by atoms with Gasteiger partial charge in [0.1, 0.15) is 0 Å². The van der Waals surface area contributed by atoms with Gasteiger partial charge in [0.25, 0.3) is 0 Å². The van der Waals surface area contributed by atoms with Gasteiger partial charge in [-0.25, -0.2) is 0 Å². The molecule has 2 atom stereocenters. The summed E-state index contributed by atoms with van der Waals surface area (Å²) in [6.45, 7) is 4.00. The molecule has 1 aliphatic carbocycles. The maximum atomic E-state index is 5.51. The normalized spacial score (nSPS) is 25.7. The van der Waals surface area contributed by atoms with E-state index in [1.54, 1.807) is 0 Å². The highest BCUT2D eigenvalue weighted by Crippen LogP contribution is 2.16. The molecule has 70 valence electrons. The van der Waals surface area contributed by atoms with Gasteiger partial charge in [0.2, 0.25) is 0 Å². The Morgan fingerprint density at radius 2 is 2.42 bits per heavy atom. The molecule has 0 aromatic heterocycles. The SMILES string of the molecule is C[C@H](CN)NCC1CC=CCC1. The summed E-state index contributed by atoms with van der Waals surface area (Å²) < 4.78 is 0. The zero-order valence-corrected chi connectivity index (χ0v) is 7.92. The van der Waals surface area contributed by atoms with Gasteiger partial charge >= 0.3 is 0 Å². The lowest BCUT2D eigenvalue weighted by Gasteiger charge is -2.20. The van der Waals surface area contributed by atoms with Crippen molar-refractivity contribution in [2.45, 2.75) is 32.2 Å². The highest BCUT2D eigenvalue weighted by molar-refractivity contribution is 4.90. The summed E-state index contributed by atoms with van der Waals surface area (Å²) >= 11 is 0. The van der Waals surface area contributed by atoms with Gasteiger partial charge in [0.15, 0.2) is 0 Å². The average Bonchev–Trinajstić information content (AvgIpc) is 2.16. The lowest BCUT2D eigenvalue weighted by Crippen LogP contribution is -2.36. The lowest BCUT2D eigenvalue weighted by molar-refractivity contribution is 0.413. The van der Waals surface area contributed by atoms with Crippen molar-refractivity contribution in [1.82, 2.24) is 5.32 Å². The first kappa shape index (κ1) is 9.75. The largest absolute Gasteiger partial charge is 0.329 e. The van der Waals surface area contributed by atoms with Crippen molar-refractivity contribution in [2.24, 2.45) is 11.7 Å². The van der Waals surface area contributed by atoms with E-state index in [1.807, 2.05) is 0 Å². The smallest absolute Gasteiger partial charge is 0.0162 e. The van der Waals surface area contributed by atoms with Gasteiger partial charge in [-0.1, -0.05) is 12.2 Å². The Labute approximate surface area is 75.2 Å². The molecule has 1 unspecified atom stereocenters. The highest BCUT2D eigenvalue weighted by atomic mass is 14.9. The van der Waals surface area contributed by atoms with E-state index in [0.717, 1.165) is 19.0 Å². The van der Waals surface area contributed by atoms with E-state index in [1.165, 1.54) is 19.3 Å². The first-order valence-electron chi connectivity index (χ1n) is 4.91. The second-order valence-corrected chi connectivity index (χ2v) is 3.70. The van der Waals surface area contributed by atoms with E-state index in [2.05, 4.69) is 24.4 Å². The predicted molar refractivity (Wildman–Crippen MR) is 53.0 cm³/mol. The summed E-state index contributed by atoms with van der Waals surface area (Å²) in [7, 11) is 0. The van der Waals surface area contributed by atoms with Crippen molar-refractivity contribution in [1.29, 1.82) is 0 Å². The first-order valence-corrected chi connectivity index (χ1v) is 4.91. The Bertz CT molecular complexity index is 143. The Morgan fingerprint density at radius 3 is 3.00 bits per heavy atom. The van der Waals surface area contributed by atoms with Crippen LogP contribution in [0.25, 0.3) is 0 Å². The van der Waals surface area contributed by atoms with E-state index in [-0.39, 0.29) is 0 Å². The minimum Gasteiger partial charge on any atom is -0.329 e. The fourth-order valence-electron chi connectivity index (χ4n) is 1.49. The molecule has 0 bridgehead atoms. The minimum absolute atomic E-state index is 0.468. The summed E-state index contributed by atoms with van der Waals surface area (Å²) in [4.78, 5) is 0. The van der Waals surface area contributed by atoms with E-state index in [9.17, 15) is 0 Å². The molecular weight excluding hydrogens is 148 g/mol. The molecular formula is C10H20N2. The maximum Gasteiger partial charge on any atom is 0.0162 e. The third-order valence-corrected chi connectivity index (χ3v) is 2.49. The van der Waals surface area contributed by atoms with Crippen molar-refractivity contribution < 1.29 is 0 Å². The molecule has 1 rings (SSSR count). The fourth-order valence-corrected chi connectivity index (χ4v) is 1.49. The second kappa shape index (κ2) is 5.33. The third-order valence-electron chi connectivity index (χ3n) is 2.49. The van der Waals surface area contributed by atoms with Crippen LogP contribution in [0.2, 0.25) is 0 Å². The first-order chi connectivity index (χ1) is 5.83. The summed E-state index contributed by atoms with van der Waals surface area (Å²) in [6.07, 6.45) is 8.40. The highest BCUT2D eigenvalue weighted by Gasteiger charge is 2.09. The van der Waals surface area contributed by atoms with Gasteiger partial charge < -0.3 is 11.1 Å². The van der Waals surface area contributed by atoms with Gasteiger partial charge in [-0.2, -0.15) is 0 Å². The molecule has 0 fully saturated rings. The molecule has 0 amide bonds. The van der Waals surface area contributed by atoms with Crippen LogP contribution in [0.5, 0.6) is 0 Å². The molecule has 0 radical (unpaired) electrons. The van der Waals surface area contributed by atoms with Crippen LogP contribution in [0, 0.1) is 5.92 Å². The molecule has 0 spiro atoms. The van der Waals surface area contributed by atoms with Crippen molar-refractivity contribution in [3.63, 3.8) is 0 Å². The summed E-state index contributed by atoms with van der Waals surface area (Å²) in [6, 6.07) is 0.468. The van der Waals surface area contributed by atoms with Gasteiger partial charge in [-0.05, 0) is 38.6 Å². The number of allylic oxidation sites excluding steroid dienone is 2. The zero-order valence-electron chi connectivity index (χ0n) is 7.92. The van der Waals surface area contributed by atoms with Gasteiger partial charge in [-0.15, -0.1) is 0 Å². The zero-order chi connectivity index (χ0) is 8.81. The molecule has 0 saturated carbocycles. The maximum absolute atomic E-state index is 5.51. The van der Waals surface area contributed by atoms with Gasteiger partial charge in [-0.3, -0.25) is 0 Å². The Balaban J connectivity index is 2.10. The number of rotatable bonds is 4. The molecule has 0 aliphatic heterocycles. The van der Waals surface area contributed by atoms with Crippen LogP contribution >= 0.6 is 0 Å². The van der Waals surface area contributed by atoms with Crippen LogP contribution in [0.4, 0.5) is 0 Å². The lowest BCUT2D eigenvalue weighted by atomic mass is 9.94. The fraction of sp³-hybridized carbons (Fsp3) is 0.800. The van der Waals surface area contributed by atoms with E-state index < -0.39 is 0 Å². The van der Waals surface area contributed by atoms with Crippen LogP contribution in [0.1, 0.15) is 26.2 Å². The summed E-state index contributed by atoms with van der Waals surface area (Å²) in [5.74, 6) is 0.837. The summed E-state index contributed by atoms with van der Waals surface area (Å²) in [5.41, 5.74) is 5.51. The molecule has 12 heavy (non-hydrogen) atoms. The van der Waals surface area contributed by atoms with Crippen LogP contribution < -0.4 is 11.1 Å². The van der Waals surface area contributed by atoms with E-state index >= 15 is 0 Å². The molecule has 0 aromatic carbocycles. The molecule has 2 heteroatoms. The Morgan fingerprint density at radius 1 is 1.58 bits per heavy atom. The van der Waals surface area contributed by atoms with Crippen molar-refractivity contribution in [3.8, 4) is 0 Å².